The Morgan fingerprint density at radius 3 is 2.46 bits per heavy atom. The maximum Gasteiger partial charge on any atom is 0.295 e. The van der Waals surface area contributed by atoms with E-state index >= 15 is 0 Å². The van der Waals surface area contributed by atoms with Gasteiger partial charge in [0, 0.05) is 12.1 Å². The van der Waals surface area contributed by atoms with Crippen LogP contribution >= 0.6 is 0 Å². The Morgan fingerprint density at radius 2 is 1.81 bits per heavy atom. The summed E-state index contributed by atoms with van der Waals surface area (Å²) in [5, 5.41) is 10.8. The van der Waals surface area contributed by atoms with Gasteiger partial charge in [0.05, 0.1) is 11.6 Å². The minimum atomic E-state index is -0.617. The van der Waals surface area contributed by atoms with Gasteiger partial charge in [0.15, 0.2) is 0 Å². The van der Waals surface area contributed by atoms with Gasteiger partial charge in [0.1, 0.15) is 5.76 Å². The number of aliphatic hydroxyl groups is 1. The highest BCUT2D eigenvalue weighted by molar-refractivity contribution is 6.46. The van der Waals surface area contributed by atoms with Crippen LogP contribution in [0.2, 0.25) is 0 Å². The summed E-state index contributed by atoms with van der Waals surface area (Å²) in [6.07, 6.45) is 1.73. The van der Waals surface area contributed by atoms with Crippen molar-refractivity contribution in [1.82, 2.24) is 4.90 Å². The van der Waals surface area contributed by atoms with E-state index in [0.717, 1.165) is 24.0 Å². The second kappa shape index (κ2) is 7.56. The van der Waals surface area contributed by atoms with Crippen LogP contribution in [0, 0.1) is 6.92 Å². The maximum absolute atomic E-state index is 12.8. The van der Waals surface area contributed by atoms with E-state index in [9.17, 15) is 14.7 Å². The highest BCUT2D eigenvalue weighted by Gasteiger charge is 2.45. The molecule has 0 saturated carbocycles. The number of Topliss-reactive ketones (excluding diaryl/α,β-unsaturated/α-hetero) is 1. The third-order valence-electron chi connectivity index (χ3n) is 4.70. The summed E-state index contributed by atoms with van der Waals surface area (Å²) in [5.74, 6) is -1.27. The Hall–Kier alpha value is -2.88. The molecular weight excluding hydrogens is 326 g/mol. The van der Waals surface area contributed by atoms with Crippen LogP contribution in [0.1, 0.15) is 42.5 Å². The van der Waals surface area contributed by atoms with Crippen molar-refractivity contribution in [3.05, 3.63) is 76.9 Å². The molecule has 1 N–H and O–H groups in total. The van der Waals surface area contributed by atoms with Crippen LogP contribution in [0.3, 0.4) is 0 Å². The van der Waals surface area contributed by atoms with E-state index in [2.05, 4.69) is 0 Å². The number of carbonyl (C=O) groups excluding carboxylic acids is 2. The fraction of sp³-hybridized carbons (Fsp3) is 0.273. The lowest BCUT2D eigenvalue weighted by Crippen LogP contribution is -2.30. The van der Waals surface area contributed by atoms with E-state index < -0.39 is 17.7 Å². The average Bonchev–Trinajstić information content (AvgIpc) is 2.91. The fourth-order valence-electron chi connectivity index (χ4n) is 3.38. The molecule has 0 radical (unpaired) electrons. The van der Waals surface area contributed by atoms with E-state index in [1.807, 2.05) is 44.2 Å². The number of aryl methyl sites for hydroxylation is 1. The van der Waals surface area contributed by atoms with Crippen LogP contribution in [0.15, 0.2) is 60.2 Å². The van der Waals surface area contributed by atoms with Gasteiger partial charge in [0.2, 0.25) is 0 Å². The van der Waals surface area contributed by atoms with Crippen LogP contribution in [0.25, 0.3) is 5.76 Å². The predicted molar refractivity (Wildman–Crippen MR) is 102 cm³/mol. The van der Waals surface area contributed by atoms with Crippen molar-refractivity contribution >= 4 is 17.4 Å². The normalized spacial score (nSPS) is 19.2. The number of hydrogen-bond donors (Lipinski definition) is 1. The van der Waals surface area contributed by atoms with Crippen molar-refractivity contribution in [3.8, 4) is 0 Å². The van der Waals surface area contributed by atoms with E-state index in [1.165, 1.54) is 0 Å². The summed E-state index contributed by atoms with van der Waals surface area (Å²) in [7, 11) is 0. The van der Waals surface area contributed by atoms with Crippen molar-refractivity contribution in [2.24, 2.45) is 0 Å². The third kappa shape index (κ3) is 3.27. The largest absolute Gasteiger partial charge is 0.507 e. The maximum atomic E-state index is 12.8. The molecule has 2 aromatic carbocycles. The summed E-state index contributed by atoms with van der Waals surface area (Å²) in [4.78, 5) is 27.0. The molecule has 1 fully saturated rings. The summed E-state index contributed by atoms with van der Waals surface area (Å²) >= 11 is 0. The molecular formula is C22H23NO3. The van der Waals surface area contributed by atoms with Crippen molar-refractivity contribution < 1.29 is 14.7 Å². The monoisotopic (exact) mass is 349 g/mol. The zero-order valence-corrected chi connectivity index (χ0v) is 15.1. The van der Waals surface area contributed by atoms with E-state index in [0.29, 0.717) is 12.1 Å². The fourth-order valence-corrected chi connectivity index (χ4v) is 3.38. The molecule has 1 atom stereocenters. The molecule has 1 aliphatic rings. The quantitative estimate of drug-likeness (QED) is 0.499. The zero-order chi connectivity index (χ0) is 18.7. The highest BCUT2D eigenvalue weighted by atomic mass is 16.3. The Balaban J connectivity index is 2.16. The topological polar surface area (TPSA) is 57.6 Å². The van der Waals surface area contributed by atoms with Gasteiger partial charge in [-0.2, -0.15) is 0 Å². The van der Waals surface area contributed by atoms with Gasteiger partial charge in [-0.3, -0.25) is 9.59 Å². The lowest BCUT2D eigenvalue weighted by molar-refractivity contribution is -0.139. The van der Waals surface area contributed by atoms with Gasteiger partial charge in [-0.05, 0) is 18.9 Å². The molecule has 0 aliphatic carbocycles. The first-order chi connectivity index (χ1) is 12.5. The summed E-state index contributed by atoms with van der Waals surface area (Å²) in [5.41, 5.74) is 2.60. The lowest BCUT2D eigenvalue weighted by atomic mass is 9.94. The van der Waals surface area contributed by atoms with Crippen LogP contribution in [-0.2, 0) is 9.59 Å². The second-order valence-corrected chi connectivity index (χ2v) is 6.63. The third-order valence-corrected chi connectivity index (χ3v) is 4.70. The molecule has 2 aromatic rings. The number of aliphatic hydroxyl groups excluding tert-OH is 1. The molecule has 1 amide bonds. The summed E-state index contributed by atoms with van der Waals surface area (Å²) in [6, 6.07) is 16.1. The Bertz CT molecular complexity index is 855. The molecule has 4 nitrogen and oxygen atoms in total. The summed E-state index contributed by atoms with van der Waals surface area (Å²) in [6.45, 7) is 4.51. The first-order valence-electron chi connectivity index (χ1n) is 8.95. The first kappa shape index (κ1) is 17.9. The number of likely N-dealkylation sites (tertiary alicyclic amines) is 1. The molecule has 26 heavy (non-hydrogen) atoms. The number of nitrogens with zero attached hydrogens (tertiary/aromatic N) is 1. The van der Waals surface area contributed by atoms with Gasteiger partial charge in [-0.1, -0.05) is 73.5 Å². The highest BCUT2D eigenvalue weighted by Crippen LogP contribution is 2.39. The number of carbonyl (C=O) groups is 2. The van der Waals surface area contributed by atoms with Crippen molar-refractivity contribution in [2.75, 3.05) is 6.54 Å². The number of unbranched alkanes of at least 4 members (excludes halogenated alkanes) is 1. The van der Waals surface area contributed by atoms with Gasteiger partial charge >= 0.3 is 0 Å². The number of hydrogen-bond acceptors (Lipinski definition) is 3. The van der Waals surface area contributed by atoms with E-state index in [1.54, 1.807) is 29.2 Å². The van der Waals surface area contributed by atoms with Crippen LogP contribution in [0.4, 0.5) is 0 Å². The Labute approximate surface area is 153 Å². The van der Waals surface area contributed by atoms with Gasteiger partial charge in [0.25, 0.3) is 11.7 Å². The number of ketones is 1. The number of amides is 1. The minimum absolute atomic E-state index is 0.116. The van der Waals surface area contributed by atoms with Crippen molar-refractivity contribution in [3.63, 3.8) is 0 Å². The van der Waals surface area contributed by atoms with Crippen molar-refractivity contribution in [2.45, 2.75) is 32.7 Å². The Kier molecular flexibility index (Phi) is 5.21. The molecule has 1 heterocycles. The van der Waals surface area contributed by atoms with Gasteiger partial charge in [-0.25, -0.2) is 0 Å². The molecule has 4 heteroatoms. The number of rotatable bonds is 5. The minimum Gasteiger partial charge on any atom is -0.507 e. The molecule has 1 aliphatic heterocycles. The number of benzene rings is 2. The smallest absolute Gasteiger partial charge is 0.295 e. The van der Waals surface area contributed by atoms with E-state index in [4.69, 9.17) is 0 Å². The van der Waals surface area contributed by atoms with Crippen LogP contribution < -0.4 is 0 Å². The van der Waals surface area contributed by atoms with Crippen LogP contribution in [-0.4, -0.2) is 28.2 Å². The predicted octanol–water partition coefficient (Wildman–Crippen LogP) is 4.22. The van der Waals surface area contributed by atoms with Crippen molar-refractivity contribution in [1.29, 1.82) is 0 Å². The average molecular weight is 349 g/mol. The van der Waals surface area contributed by atoms with Crippen LogP contribution in [0.5, 0.6) is 0 Å². The molecule has 1 unspecified atom stereocenters. The van der Waals surface area contributed by atoms with Gasteiger partial charge < -0.3 is 10.0 Å². The molecule has 0 aromatic heterocycles. The molecule has 3 rings (SSSR count). The second-order valence-electron chi connectivity index (χ2n) is 6.63. The SMILES string of the molecule is CCCCN1C(=O)C(=O)/C(=C(\O)c2ccccc2)C1c1cccc(C)c1. The molecule has 0 spiro atoms. The first-order valence-corrected chi connectivity index (χ1v) is 8.95. The molecule has 0 bridgehead atoms. The zero-order valence-electron chi connectivity index (χ0n) is 15.1. The summed E-state index contributed by atoms with van der Waals surface area (Å²) < 4.78 is 0. The lowest BCUT2D eigenvalue weighted by Gasteiger charge is -2.25. The van der Waals surface area contributed by atoms with E-state index in [-0.39, 0.29) is 11.3 Å². The molecule has 134 valence electrons. The molecule has 1 saturated heterocycles. The van der Waals surface area contributed by atoms with Gasteiger partial charge in [-0.15, -0.1) is 0 Å². The Morgan fingerprint density at radius 1 is 1.08 bits per heavy atom. The standard InChI is InChI=1S/C22H23NO3/c1-3-4-13-23-19(17-12-8-9-15(2)14-17)18(21(25)22(23)26)20(24)16-10-6-5-7-11-16/h5-12,14,19,24H,3-4,13H2,1-2H3/b20-18-.